The van der Waals surface area contributed by atoms with E-state index in [0.29, 0.717) is 11.5 Å². The van der Waals surface area contributed by atoms with Gasteiger partial charge in [0.05, 0.1) is 19.4 Å². The highest BCUT2D eigenvalue weighted by Crippen LogP contribution is 2.19. The first-order chi connectivity index (χ1) is 8.22. The Morgan fingerprint density at radius 3 is 2.47 bits per heavy atom. The molecule has 0 radical (unpaired) electrons. The molecule has 0 atom stereocenters. The molecule has 4 heteroatoms. The van der Waals surface area contributed by atoms with Gasteiger partial charge in [0.15, 0.2) is 5.82 Å². The van der Waals surface area contributed by atoms with Crippen LogP contribution < -0.4 is 4.74 Å². The molecule has 1 aromatic heterocycles. The number of aromatic nitrogens is 2. The van der Waals surface area contributed by atoms with E-state index in [-0.39, 0.29) is 6.61 Å². The molecule has 1 heterocycles. The Labute approximate surface area is 99.9 Å². The predicted molar refractivity (Wildman–Crippen MR) is 64.7 cm³/mol. The van der Waals surface area contributed by atoms with E-state index in [0.717, 1.165) is 17.0 Å². The third-order valence-corrected chi connectivity index (χ3v) is 2.42. The minimum absolute atomic E-state index is 0.0769. The zero-order valence-corrected chi connectivity index (χ0v) is 9.84. The third-order valence-electron chi connectivity index (χ3n) is 2.42. The third kappa shape index (κ3) is 2.60. The molecule has 4 nitrogen and oxygen atoms in total. The zero-order chi connectivity index (χ0) is 12.3. The Morgan fingerprint density at radius 1 is 1.18 bits per heavy atom. The van der Waals surface area contributed by atoms with Gasteiger partial charge in [-0.05, 0) is 37.3 Å². The second-order valence-corrected chi connectivity index (χ2v) is 3.71. The fraction of sp³-hybridized carbons (Fsp3) is 0.231. The number of rotatable bonds is 3. The predicted octanol–water partition coefficient (Wildman–Crippen LogP) is 1.95. The summed E-state index contributed by atoms with van der Waals surface area (Å²) in [7, 11) is 1.63. The SMILES string of the molecule is COc1ccc(-c2nc(C)cc(CO)n2)cc1. The molecule has 17 heavy (non-hydrogen) atoms. The Kier molecular flexibility index (Phi) is 3.35. The minimum Gasteiger partial charge on any atom is -0.497 e. The first-order valence-corrected chi connectivity index (χ1v) is 5.33. The molecule has 0 unspecified atom stereocenters. The van der Waals surface area contributed by atoms with Gasteiger partial charge in [-0.1, -0.05) is 0 Å². The summed E-state index contributed by atoms with van der Waals surface area (Å²) in [5.74, 6) is 1.42. The Bertz CT molecular complexity index is 509. The molecule has 0 saturated heterocycles. The van der Waals surface area contributed by atoms with Crippen LogP contribution in [0.25, 0.3) is 11.4 Å². The van der Waals surface area contributed by atoms with Crippen LogP contribution in [0.4, 0.5) is 0 Å². The molecule has 0 aliphatic rings. The molecular formula is C13H14N2O2. The zero-order valence-electron chi connectivity index (χ0n) is 9.84. The number of aliphatic hydroxyl groups excluding tert-OH is 1. The molecule has 0 saturated carbocycles. The lowest BCUT2D eigenvalue weighted by Crippen LogP contribution is -1.97. The number of ether oxygens (including phenoxy) is 1. The molecule has 0 bridgehead atoms. The quantitative estimate of drug-likeness (QED) is 0.875. The summed E-state index contributed by atoms with van der Waals surface area (Å²) in [5.41, 5.74) is 2.38. The van der Waals surface area contributed by atoms with E-state index in [9.17, 15) is 0 Å². The van der Waals surface area contributed by atoms with Crippen LogP contribution in [-0.2, 0) is 6.61 Å². The van der Waals surface area contributed by atoms with Gasteiger partial charge in [-0.2, -0.15) is 0 Å². The number of aliphatic hydroxyl groups is 1. The van der Waals surface area contributed by atoms with Gasteiger partial charge < -0.3 is 9.84 Å². The van der Waals surface area contributed by atoms with Crippen molar-refractivity contribution < 1.29 is 9.84 Å². The first-order valence-electron chi connectivity index (χ1n) is 5.33. The Hall–Kier alpha value is -1.94. The molecule has 0 fully saturated rings. The molecule has 2 rings (SSSR count). The van der Waals surface area contributed by atoms with Crippen molar-refractivity contribution in [3.8, 4) is 17.1 Å². The van der Waals surface area contributed by atoms with Gasteiger partial charge in [0.25, 0.3) is 0 Å². The van der Waals surface area contributed by atoms with Gasteiger partial charge in [0, 0.05) is 11.3 Å². The van der Waals surface area contributed by atoms with Crippen molar-refractivity contribution in [3.63, 3.8) is 0 Å². The summed E-state index contributed by atoms with van der Waals surface area (Å²) in [5, 5.41) is 9.11. The Balaban J connectivity index is 2.41. The first kappa shape index (κ1) is 11.5. The number of aryl methyl sites for hydroxylation is 1. The van der Waals surface area contributed by atoms with Crippen molar-refractivity contribution in [2.75, 3.05) is 7.11 Å². The van der Waals surface area contributed by atoms with Gasteiger partial charge in [-0.3, -0.25) is 0 Å². The van der Waals surface area contributed by atoms with E-state index in [4.69, 9.17) is 9.84 Å². The monoisotopic (exact) mass is 230 g/mol. The summed E-state index contributed by atoms with van der Waals surface area (Å²) in [4.78, 5) is 8.62. The van der Waals surface area contributed by atoms with E-state index in [1.807, 2.05) is 31.2 Å². The maximum atomic E-state index is 9.11. The van der Waals surface area contributed by atoms with Gasteiger partial charge in [0.1, 0.15) is 5.75 Å². The molecular weight excluding hydrogens is 216 g/mol. The number of nitrogens with zero attached hydrogens (tertiary/aromatic N) is 2. The fourth-order valence-electron chi connectivity index (χ4n) is 1.58. The second kappa shape index (κ2) is 4.93. The van der Waals surface area contributed by atoms with Crippen molar-refractivity contribution in [2.45, 2.75) is 13.5 Å². The lowest BCUT2D eigenvalue weighted by molar-refractivity contribution is 0.276. The van der Waals surface area contributed by atoms with Crippen LogP contribution in [0.2, 0.25) is 0 Å². The summed E-state index contributed by atoms with van der Waals surface area (Å²) < 4.78 is 5.09. The van der Waals surface area contributed by atoms with E-state index in [1.54, 1.807) is 13.2 Å². The molecule has 2 aromatic rings. The molecule has 0 amide bonds. The van der Waals surface area contributed by atoms with Crippen molar-refractivity contribution in [1.29, 1.82) is 0 Å². The smallest absolute Gasteiger partial charge is 0.159 e. The highest BCUT2D eigenvalue weighted by molar-refractivity contribution is 5.56. The van der Waals surface area contributed by atoms with Gasteiger partial charge in [-0.15, -0.1) is 0 Å². The van der Waals surface area contributed by atoms with Crippen LogP contribution >= 0.6 is 0 Å². The van der Waals surface area contributed by atoms with Crippen LogP contribution in [0.15, 0.2) is 30.3 Å². The van der Waals surface area contributed by atoms with Crippen LogP contribution in [0.5, 0.6) is 5.75 Å². The molecule has 1 N–H and O–H groups in total. The molecule has 88 valence electrons. The minimum atomic E-state index is -0.0769. The Morgan fingerprint density at radius 2 is 1.88 bits per heavy atom. The standard InChI is InChI=1S/C13H14N2O2/c1-9-7-11(8-16)15-13(14-9)10-3-5-12(17-2)6-4-10/h3-7,16H,8H2,1-2H3. The number of hydrogen-bond donors (Lipinski definition) is 1. The summed E-state index contributed by atoms with van der Waals surface area (Å²) in [6.07, 6.45) is 0. The van der Waals surface area contributed by atoms with Crippen molar-refractivity contribution in [1.82, 2.24) is 9.97 Å². The normalized spacial score (nSPS) is 10.3. The van der Waals surface area contributed by atoms with E-state index in [1.165, 1.54) is 0 Å². The largest absolute Gasteiger partial charge is 0.497 e. The number of hydrogen-bond acceptors (Lipinski definition) is 4. The fourth-order valence-corrected chi connectivity index (χ4v) is 1.58. The van der Waals surface area contributed by atoms with Crippen LogP contribution in [0.1, 0.15) is 11.4 Å². The van der Waals surface area contributed by atoms with Crippen molar-refractivity contribution in [2.24, 2.45) is 0 Å². The molecule has 0 spiro atoms. The topological polar surface area (TPSA) is 55.2 Å². The highest BCUT2D eigenvalue weighted by Gasteiger charge is 2.04. The maximum Gasteiger partial charge on any atom is 0.159 e. The molecule has 0 aliphatic heterocycles. The molecule has 0 aliphatic carbocycles. The average Bonchev–Trinajstić information content (AvgIpc) is 2.38. The van der Waals surface area contributed by atoms with Crippen LogP contribution in [0, 0.1) is 6.92 Å². The second-order valence-electron chi connectivity index (χ2n) is 3.71. The average molecular weight is 230 g/mol. The summed E-state index contributed by atoms with van der Waals surface area (Å²) in [6, 6.07) is 9.29. The maximum absolute atomic E-state index is 9.11. The molecule has 1 aromatic carbocycles. The number of methoxy groups -OCH3 is 1. The van der Waals surface area contributed by atoms with Crippen LogP contribution in [-0.4, -0.2) is 22.2 Å². The van der Waals surface area contributed by atoms with E-state index in [2.05, 4.69) is 9.97 Å². The summed E-state index contributed by atoms with van der Waals surface area (Å²) >= 11 is 0. The van der Waals surface area contributed by atoms with Crippen LogP contribution in [0.3, 0.4) is 0 Å². The van der Waals surface area contributed by atoms with Gasteiger partial charge in [-0.25, -0.2) is 9.97 Å². The van der Waals surface area contributed by atoms with Crippen molar-refractivity contribution in [3.05, 3.63) is 41.7 Å². The van der Waals surface area contributed by atoms with Gasteiger partial charge in [0.2, 0.25) is 0 Å². The lowest BCUT2D eigenvalue weighted by atomic mass is 10.2. The van der Waals surface area contributed by atoms with E-state index >= 15 is 0 Å². The summed E-state index contributed by atoms with van der Waals surface area (Å²) in [6.45, 7) is 1.81. The van der Waals surface area contributed by atoms with Gasteiger partial charge >= 0.3 is 0 Å². The van der Waals surface area contributed by atoms with Crippen molar-refractivity contribution >= 4 is 0 Å². The number of benzene rings is 1. The van der Waals surface area contributed by atoms with E-state index < -0.39 is 0 Å². The lowest BCUT2D eigenvalue weighted by Gasteiger charge is -2.05. The highest BCUT2D eigenvalue weighted by atomic mass is 16.5.